The second-order valence-electron chi connectivity index (χ2n) is 4.13. The summed E-state index contributed by atoms with van der Waals surface area (Å²) in [6, 6.07) is 11.8. The van der Waals surface area contributed by atoms with Crippen molar-refractivity contribution >= 4 is 37.3 Å². The van der Waals surface area contributed by atoms with Gasteiger partial charge in [0.2, 0.25) is 0 Å². The van der Waals surface area contributed by atoms with Crippen LogP contribution in [-0.2, 0) is 10.0 Å². The van der Waals surface area contributed by atoms with E-state index in [4.69, 9.17) is 5.73 Å². The molecule has 0 saturated heterocycles. The zero-order valence-electron chi connectivity index (χ0n) is 10.2. The second kappa shape index (κ2) is 5.22. The Morgan fingerprint density at radius 2 is 1.84 bits per heavy atom. The lowest BCUT2D eigenvalue weighted by molar-refractivity contribution is 0.601. The van der Waals surface area contributed by atoms with Gasteiger partial charge in [-0.05, 0) is 52.7 Å². The van der Waals surface area contributed by atoms with Crippen molar-refractivity contribution in [3.05, 3.63) is 52.5 Å². The van der Waals surface area contributed by atoms with Crippen LogP contribution in [0.4, 0.5) is 11.4 Å². The molecule has 0 atom stereocenters. The second-order valence-corrected chi connectivity index (χ2v) is 6.63. The van der Waals surface area contributed by atoms with Crippen molar-refractivity contribution in [2.45, 2.75) is 11.8 Å². The Morgan fingerprint density at radius 3 is 2.53 bits per heavy atom. The first-order valence-corrected chi connectivity index (χ1v) is 7.81. The first-order valence-electron chi connectivity index (χ1n) is 5.53. The van der Waals surface area contributed by atoms with Gasteiger partial charge in [0.1, 0.15) is 4.90 Å². The van der Waals surface area contributed by atoms with Crippen LogP contribution >= 0.6 is 15.9 Å². The van der Waals surface area contributed by atoms with Gasteiger partial charge in [-0.15, -0.1) is 0 Å². The monoisotopic (exact) mass is 340 g/mol. The summed E-state index contributed by atoms with van der Waals surface area (Å²) in [5, 5.41) is 0. The van der Waals surface area contributed by atoms with E-state index in [2.05, 4.69) is 20.7 Å². The van der Waals surface area contributed by atoms with Gasteiger partial charge in [-0.1, -0.05) is 18.2 Å². The fraction of sp³-hybridized carbons (Fsp3) is 0.0769. The van der Waals surface area contributed by atoms with Gasteiger partial charge in [0.15, 0.2) is 0 Å². The SMILES string of the molecule is Cc1ccc(N)c(NS(=O)(=O)c2ccccc2Br)c1. The van der Waals surface area contributed by atoms with E-state index in [1.807, 2.05) is 13.0 Å². The minimum Gasteiger partial charge on any atom is -0.397 e. The first kappa shape index (κ1) is 13.9. The molecule has 2 rings (SSSR count). The van der Waals surface area contributed by atoms with Gasteiger partial charge >= 0.3 is 0 Å². The molecule has 0 amide bonds. The van der Waals surface area contributed by atoms with Crippen LogP contribution in [0.15, 0.2) is 51.8 Å². The molecule has 6 heteroatoms. The largest absolute Gasteiger partial charge is 0.397 e. The highest BCUT2D eigenvalue weighted by atomic mass is 79.9. The van der Waals surface area contributed by atoms with Gasteiger partial charge in [0.05, 0.1) is 11.4 Å². The molecular formula is C13H13BrN2O2S. The first-order chi connectivity index (χ1) is 8.90. The van der Waals surface area contributed by atoms with Crippen molar-refractivity contribution in [3.63, 3.8) is 0 Å². The lowest BCUT2D eigenvalue weighted by Crippen LogP contribution is -2.14. The molecule has 3 N–H and O–H groups in total. The average Bonchev–Trinajstić information content (AvgIpc) is 2.34. The van der Waals surface area contributed by atoms with Crippen LogP contribution in [0, 0.1) is 6.92 Å². The summed E-state index contributed by atoms with van der Waals surface area (Å²) in [6.45, 7) is 1.87. The van der Waals surface area contributed by atoms with E-state index < -0.39 is 10.0 Å². The predicted molar refractivity (Wildman–Crippen MR) is 80.5 cm³/mol. The smallest absolute Gasteiger partial charge is 0.263 e. The lowest BCUT2D eigenvalue weighted by Gasteiger charge is -2.12. The zero-order valence-corrected chi connectivity index (χ0v) is 12.6. The molecule has 4 nitrogen and oxygen atoms in total. The predicted octanol–water partition coefficient (Wildman–Crippen LogP) is 3.14. The van der Waals surface area contributed by atoms with Gasteiger partial charge < -0.3 is 5.73 Å². The molecule has 0 saturated carbocycles. The third-order valence-electron chi connectivity index (χ3n) is 2.58. The summed E-state index contributed by atoms with van der Waals surface area (Å²) in [7, 11) is -3.66. The van der Waals surface area contributed by atoms with Crippen molar-refractivity contribution in [3.8, 4) is 0 Å². The molecule has 2 aromatic carbocycles. The van der Waals surface area contributed by atoms with Gasteiger partial charge in [0, 0.05) is 4.47 Å². The van der Waals surface area contributed by atoms with Crippen molar-refractivity contribution in [1.29, 1.82) is 0 Å². The minimum atomic E-state index is -3.66. The highest BCUT2D eigenvalue weighted by Crippen LogP contribution is 2.26. The molecule has 0 radical (unpaired) electrons. The van der Waals surface area contributed by atoms with Crippen LogP contribution in [0.2, 0.25) is 0 Å². The number of hydrogen-bond acceptors (Lipinski definition) is 3. The van der Waals surface area contributed by atoms with E-state index in [1.165, 1.54) is 6.07 Å². The number of nitrogens with two attached hydrogens (primary N) is 1. The Hall–Kier alpha value is -1.53. The van der Waals surface area contributed by atoms with Gasteiger partial charge in [0.25, 0.3) is 10.0 Å². The number of hydrogen-bond donors (Lipinski definition) is 2. The summed E-state index contributed by atoms with van der Waals surface area (Å²) in [4.78, 5) is 0.177. The maximum Gasteiger partial charge on any atom is 0.263 e. The van der Waals surface area contributed by atoms with Crippen LogP contribution in [0.5, 0.6) is 0 Å². The number of benzene rings is 2. The highest BCUT2D eigenvalue weighted by Gasteiger charge is 2.18. The fourth-order valence-electron chi connectivity index (χ4n) is 1.62. The molecule has 0 fully saturated rings. The quantitative estimate of drug-likeness (QED) is 0.843. The topological polar surface area (TPSA) is 72.2 Å². The molecule has 0 heterocycles. The summed E-state index contributed by atoms with van der Waals surface area (Å²) >= 11 is 3.23. The van der Waals surface area contributed by atoms with Gasteiger partial charge in [-0.25, -0.2) is 8.42 Å². The minimum absolute atomic E-state index is 0.177. The van der Waals surface area contributed by atoms with Crippen LogP contribution < -0.4 is 10.5 Å². The number of aryl methyl sites for hydroxylation is 1. The zero-order chi connectivity index (χ0) is 14.0. The molecule has 100 valence electrons. The highest BCUT2D eigenvalue weighted by molar-refractivity contribution is 9.10. The summed E-state index contributed by atoms with van der Waals surface area (Å²) in [6.07, 6.45) is 0. The van der Waals surface area contributed by atoms with Crippen LogP contribution in [0.1, 0.15) is 5.56 Å². The van der Waals surface area contributed by atoms with Gasteiger partial charge in [-0.2, -0.15) is 0 Å². The molecule has 0 unspecified atom stereocenters. The maximum atomic E-state index is 12.3. The van der Waals surface area contributed by atoms with Crippen LogP contribution in [-0.4, -0.2) is 8.42 Å². The molecule has 0 aliphatic rings. The van der Waals surface area contributed by atoms with E-state index in [-0.39, 0.29) is 4.90 Å². The van der Waals surface area contributed by atoms with E-state index in [0.717, 1.165) is 5.56 Å². The van der Waals surface area contributed by atoms with E-state index in [0.29, 0.717) is 15.8 Å². The summed E-state index contributed by atoms with van der Waals surface area (Å²) in [5.74, 6) is 0. The van der Waals surface area contributed by atoms with Crippen molar-refractivity contribution in [1.82, 2.24) is 0 Å². The number of nitrogen functional groups attached to an aromatic ring is 1. The maximum absolute atomic E-state index is 12.3. The van der Waals surface area contributed by atoms with E-state index >= 15 is 0 Å². The summed E-state index contributed by atoms with van der Waals surface area (Å²) in [5.41, 5.74) is 7.48. The molecule has 19 heavy (non-hydrogen) atoms. The average molecular weight is 341 g/mol. The molecule has 2 aromatic rings. The Labute approximate surface area is 120 Å². The number of sulfonamides is 1. The third-order valence-corrected chi connectivity index (χ3v) is 4.96. The standard InChI is InChI=1S/C13H13BrN2O2S/c1-9-6-7-11(15)12(8-9)16-19(17,18)13-5-3-2-4-10(13)14/h2-8,16H,15H2,1H3. The number of nitrogens with one attached hydrogen (secondary N) is 1. The third kappa shape index (κ3) is 3.08. The molecule has 0 bridgehead atoms. The normalized spacial score (nSPS) is 11.3. The Morgan fingerprint density at radius 1 is 1.16 bits per heavy atom. The van der Waals surface area contributed by atoms with E-state index in [9.17, 15) is 8.42 Å². The number of anilines is 2. The van der Waals surface area contributed by atoms with Gasteiger partial charge in [-0.3, -0.25) is 4.72 Å². The molecule has 0 aromatic heterocycles. The van der Waals surface area contributed by atoms with Crippen molar-refractivity contribution < 1.29 is 8.42 Å². The summed E-state index contributed by atoms with van der Waals surface area (Å²) < 4.78 is 27.6. The lowest BCUT2D eigenvalue weighted by atomic mass is 10.2. The molecule has 0 aliphatic carbocycles. The van der Waals surface area contributed by atoms with Crippen molar-refractivity contribution in [2.24, 2.45) is 0 Å². The number of rotatable bonds is 3. The Balaban J connectivity index is 2.43. The van der Waals surface area contributed by atoms with Crippen LogP contribution in [0.25, 0.3) is 0 Å². The number of halogens is 1. The molecule has 0 spiro atoms. The van der Waals surface area contributed by atoms with Crippen LogP contribution in [0.3, 0.4) is 0 Å². The molecular weight excluding hydrogens is 328 g/mol. The Kier molecular flexibility index (Phi) is 3.82. The fourth-order valence-corrected chi connectivity index (χ4v) is 3.70. The van der Waals surface area contributed by atoms with Crippen molar-refractivity contribution in [2.75, 3.05) is 10.5 Å². The van der Waals surface area contributed by atoms with E-state index in [1.54, 1.807) is 30.3 Å². The molecule has 0 aliphatic heterocycles. The Bertz CT molecular complexity index is 714.